The molecule has 0 heterocycles. The summed E-state index contributed by atoms with van der Waals surface area (Å²) in [4.78, 5) is 12.2. The number of hydrogen-bond acceptors (Lipinski definition) is 2. The molecule has 3 N–H and O–H groups in total. The van der Waals surface area contributed by atoms with Crippen LogP contribution in [0, 0.1) is 10.5 Å². The molecule has 19 heavy (non-hydrogen) atoms. The molecule has 0 fully saturated rings. The number of amides is 1. The summed E-state index contributed by atoms with van der Waals surface area (Å²) in [7, 11) is 0. The zero-order valence-corrected chi connectivity index (χ0v) is 13.9. The van der Waals surface area contributed by atoms with Crippen molar-refractivity contribution in [2.75, 3.05) is 11.1 Å². The van der Waals surface area contributed by atoms with Gasteiger partial charge in [-0.3, -0.25) is 4.79 Å². The maximum absolute atomic E-state index is 12.2. The molecule has 0 aliphatic carbocycles. The van der Waals surface area contributed by atoms with E-state index in [1.807, 2.05) is 25.1 Å². The summed E-state index contributed by atoms with van der Waals surface area (Å²) < 4.78 is 1.93. The molecular weight excluding hydrogens is 419 g/mol. The number of carbonyl (C=O) groups excluding carboxylic acids is 1. The third-order valence-corrected chi connectivity index (χ3v) is 3.75. The van der Waals surface area contributed by atoms with Crippen LogP contribution in [0.4, 0.5) is 11.4 Å². The van der Waals surface area contributed by atoms with Crippen molar-refractivity contribution < 1.29 is 4.79 Å². The molecule has 0 aromatic heterocycles. The van der Waals surface area contributed by atoms with Crippen molar-refractivity contribution >= 4 is 55.8 Å². The van der Waals surface area contributed by atoms with Crippen LogP contribution in [0.15, 0.2) is 40.9 Å². The van der Waals surface area contributed by atoms with Crippen LogP contribution in [0.5, 0.6) is 0 Å². The molecule has 0 saturated carbocycles. The number of aryl methyl sites for hydroxylation is 1. The number of anilines is 2. The minimum absolute atomic E-state index is 0.169. The van der Waals surface area contributed by atoms with Crippen molar-refractivity contribution in [2.45, 2.75) is 6.92 Å². The highest BCUT2D eigenvalue weighted by atomic mass is 127. The van der Waals surface area contributed by atoms with Crippen molar-refractivity contribution in [2.24, 2.45) is 0 Å². The van der Waals surface area contributed by atoms with Crippen molar-refractivity contribution in [3.63, 3.8) is 0 Å². The summed E-state index contributed by atoms with van der Waals surface area (Å²) in [5, 5.41) is 2.89. The molecule has 98 valence electrons. The number of benzene rings is 2. The predicted molar refractivity (Wildman–Crippen MR) is 90.4 cm³/mol. The minimum Gasteiger partial charge on any atom is -0.399 e. The Labute approximate surface area is 133 Å². The third-order valence-electron chi connectivity index (χ3n) is 2.62. The van der Waals surface area contributed by atoms with E-state index in [-0.39, 0.29) is 5.91 Å². The van der Waals surface area contributed by atoms with E-state index in [9.17, 15) is 4.79 Å². The summed E-state index contributed by atoms with van der Waals surface area (Å²) in [5.74, 6) is -0.169. The van der Waals surface area contributed by atoms with Crippen LogP contribution in [0.1, 0.15) is 15.9 Å². The van der Waals surface area contributed by atoms with Crippen molar-refractivity contribution in [1.82, 2.24) is 0 Å². The average molecular weight is 431 g/mol. The van der Waals surface area contributed by atoms with Gasteiger partial charge in [0, 0.05) is 25.0 Å². The Bertz CT molecular complexity index is 623. The number of hydrogen-bond donors (Lipinski definition) is 2. The quantitative estimate of drug-likeness (QED) is 0.554. The Morgan fingerprint density at radius 2 is 2.00 bits per heavy atom. The Hall–Kier alpha value is -1.08. The number of nitrogen functional groups attached to an aromatic ring is 1. The number of nitrogens with two attached hydrogens (primary N) is 1. The van der Waals surface area contributed by atoms with E-state index in [1.54, 1.807) is 18.2 Å². The summed E-state index contributed by atoms with van der Waals surface area (Å²) in [6.07, 6.45) is 0. The monoisotopic (exact) mass is 430 g/mol. The first-order valence-electron chi connectivity index (χ1n) is 5.59. The van der Waals surface area contributed by atoms with E-state index in [4.69, 9.17) is 5.73 Å². The van der Waals surface area contributed by atoms with E-state index in [0.29, 0.717) is 11.3 Å². The van der Waals surface area contributed by atoms with Crippen LogP contribution < -0.4 is 11.1 Å². The number of nitrogens with one attached hydrogen (secondary N) is 1. The molecule has 0 saturated heterocycles. The van der Waals surface area contributed by atoms with E-state index < -0.39 is 0 Å². The Morgan fingerprint density at radius 3 is 2.63 bits per heavy atom. The van der Waals surface area contributed by atoms with Crippen LogP contribution in [0.25, 0.3) is 0 Å². The van der Waals surface area contributed by atoms with Gasteiger partial charge in [-0.05, 0) is 71.5 Å². The molecule has 0 unspecified atom stereocenters. The van der Waals surface area contributed by atoms with Crippen molar-refractivity contribution in [3.8, 4) is 0 Å². The maximum Gasteiger partial charge on any atom is 0.255 e. The number of carbonyl (C=O) groups is 1. The lowest BCUT2D eigenvalue weighted by atomic mass is 10.1. The highest BCUT2D eigenvalue weighted by molar-refractivity contribution is 14.1. The highest BCUT2D eigenvalue weighted by Crippen LogP contribution is 2.21. The fraction of sp³-hybridized carbons (Fsp3) is 0.0714. The largest absolute Gasteiger partial charge is 0.399 e. The first-order valence-corrected chi connectivity index (χ1v) is 7.46. The smallest absolute Gasteiger partial charge is 0.255 e. The van der Waals surface area contributed by atoms with Crippen LogP contribution in [0.3, 0.4) is 0 Å². The molecule has 0 bridgehead atoms. The standard InChI is InChI=1S/C14H12BrIN2O/c1-8-4-11(16)2-3-13(8)18-14(19)9-5-10(15)7-12(17)6-9/h2-7H,17H2,1H3,(H,18,19). The van der Waals surface area contributed by atoms with Gasteiger partial charge in [0.2, 0.25) is 0 Å². The molecule has 3 nitrogen and oxygen atoms in total. The molecule has 2 rings (SSSR count). The molecule has 0 aliphatic heterocycles. The van der Waals surface area contributed by atoms with Crippen molar-refractivity contribution in [3.05, 3.63) is 55.6 Å². The lowest BCUT2D eigenvalue weighted by Crippen LogP contribution is -2.13. The van der Waals surface area contributed by atoms with Crippen LogP contribution >= 0.6 is 38.5 Å². The van der Waals surface area contributed by atoms with Crippen LogP contribution in [0.2, 0.25) is 0 Å². The average Bonchev–Trinajstić information content (AvgIpc) is 2.31. The van der Waals surface area contributed by atoms with Crippen LogP contribution in [-0.4, -0.2) is 5.91 Å². The van der Waals surface area contributed by atoms with Gasteiger partial charge >= 0.3 is 0 Å². The Balaban J connectivity index is 2.25. The highest BCUT2D eigenvalue weighted by Gasteiger charge is 2.09. The molecule has 0 atom stereocenters. The van der Waals surface area contributed by atoms with Gasteiger partial charge in [0.25, 0.3) is 5.91 Å². The SMILES string of the molecule is Cc1cc(I)ccc1NC(=O)c1cc(N)cc(Br)c1. The fourth-order valence-corrected chi connectivity index (χ4v) is 2.86. The second kappa shape index (κ2) is 5.92. The Kier molecular flexibility index (Phi) is 4.46. The van der Waals surface area contributed by atoms with Gasteiger partial charge in [-0.1, -0.05) is 15.9 Å². The molecule has 1 amide bonds. The third kappa shape index (κ3) is 3.70. The second-order valence-electron chi connectivity index (χ2n) is 4.19. The molecule has 2 aromatic carbocycles. The zero-order valence-electron chi connectivity index (χ0n) is 10.2. The van der Waals surface area contributed by atoms with Gasteiger partial charge in [-0.25, -0.2) is 0 Å². The van der Waals surface area contributed by atoms with Crippen molar-refractivity contribution in [1.29, 1.82) is 0 Å². The second-order valence-corrected chi connectivity index (χ2v) is 6.35. The number of rotatable bonds is 2. The fourth-order valence-electron chi connectivity index (χ4n) is 1.71. The van der Waals surface area contributed by atoms with Gasteiger partial charge < -0.3 is 11.1 Å². The zero-order chi connectivity index (χ0) is 14.0. The van der Waals surface area contributed by atoms with Gasteiger partial charge in [0.05, 0.1) is 0 Å². The normalized spacial score (nSPS) is 10.3. The number of halogens is 2. The molecule has 0 aliphatic rings. The molecule has 0 spiro atoms. The lowest BCUT2D eigenvalue weighted by molar-refractivity contribution is 0.102. The topological polar surface area (TPSA) is 55.1 Å². The van der Waals surface area contributed by atoms with E-state index in [1.165, 1.54) is 0 Å². The van der Waals surface area contributed by atoms with E-state index in [0.717, 1.165) is 19.3 Å². The summed E-state index contributed by atoms with van der Waals surface area (Å²) in [5.41, 5.74) is 8.66. The van der Waals surface area contributed by atoms with Gasteiger partial charge in [0.15, 0.2) is 0 Å². The minimum atomic E-state index is -0.169. The predicted octanol–water partition coefficient (Wildman–Crippen LogP) is 4.20. The summed E-state index contributed by atoms with van der Waals surface area (Å²) in [6, 6.07) is 11.0. The van der Waals surface area contributed by atoms with Gasteiger partial charge in [-0.2, -0.15) is 0 Å². The molecule has 2 aromatic rings. The molecular formula is C14H12BrIN2O. The molecule has 5 heteroatoms. The summed E-state index contributed by atoms with van der Waals surface area (Å²) >= 11 is 5.57. The van der Waals surface area contributed by atoms with Gasteiger partial charge in [-0.15, -0.1) is 0 Å². The van der Waals surface area contributed by atoms with Crippen LogP contribution in [-0.2, 0) is 0 Å². The molecule has 0 radical (unpaired) electrons. The lowest BCUT2D eigenvalue weighted by Gasteiger charge is -2.09. The Morgan fingerprint density at radius 1 is 1.26 bits per heavy atom. The first kappa shape index (κ1) is 14.3. The van der Waals surface area contributed by atoms with E-state index >= 15 is 0 Å². The van der Waals surface area contributed by atoms with E-state index in [2.05, 4.69) is 43.8 Å². The first-order chi connectivity index (χ1) is 8.95. The maximum atomic E-state index is 12.2. The van der Waals surface area contributed by atoms with Gasteiger partial charge in [0.1, 0.15) is 0 Å². The summed E-state index contributed by atoms with van der Waals surface area (Å²) in [6.45, 7) is 1.97.